The number of halogens is 1. The zero-order valence-corrected chi connectivity index (χ0v) is 17.4. The Bertz CT molecular complexity index is 711. The number of carbonyl (C=O) groups is 1. The highest BCUT2D eigenvalue weighted by molar-refractivity contribution is 7.92. The van der Waals surface area contributed by atoms with Gasteiger partial charge in [-0.3, -0.25) is 4.79 Å². The normalized spacial score (nSPS) is 17.1. The van der Waals surface area contributed by atoms with Crippen LogP contribution in [0.2, 0.25) is 0 Å². The van der Waals surface area contributed by atoms with Gasteiger partial charge in [0.2, 0.25) is 5.91 Å². The summed E-state index contributed by atoms with van der Waals surface area (Å²) in [5.41, 5.74) is 0.723. The van der Waals surface area contributed by atoms with Crippen molar-refractivity contribution in [2.24, 2.45) is 0 Å². The Morgan fingerprint density at radius 1 is 1.23 bits per heavy atom. The van der Waals surface area contributed by atoms with E-state index < -0.39 is 20.5 Å². The smallest absolute Gasteiger partial charge is 0.241 e. The van der Waals surface area contributed by atoms with Crippen molar-refractivity contribution in [3.05, 3.63) is 29.8 Å². The number of methoxy groups -OCH3 is 1. The summed E-state index contributed by atoms with van der Waals surface area (Å²) in [5, 5.41) is 6.01. The molecule has 0 unspecified atom stereocenters. The number of carbonyl (C=O) groups excluding carboxylic acids is 1. The summed E-state index contributed by atoms with van der Waals surface area (Å²) >= 11 is 0. The molecule has 0 spiro atoms. The van der Waals surface area contributed by atoms with E-state index in [1.807, 2.05) is 38.1 Å². The van der Waals surface area contributed by atoms with Gasteiger partial charge in [0.05, 0.1) is 7.11 Å². The molecular weight excluding hydrogens is 376 g/mol. The molecule has 1 aliphatic rings. The standard InChI is InChI=1S/C18H28N2O4S.ClH/c1-17(2,14-5-7-15(24-3)8-6-14)13-20-16(21)18(25(4,22)23)9-11-19-12-10-18;/h5-8,19H,9-13H2,1-4H3,(H,20,21);1H. The lowest BCUT2D eigenvalue weighted by Gasteiger charge is -2.35. The quantitative estimate of drug-likeness (QED) is 0.753. The molecule has 0 aromatic heterocycles. The SMILES string of the molecule is COc1ccc(C(C)(C)CNC(=O)C2(S(C)(=O)=O)CCNCC2)cc1.Cl. The second-order valence-electron chi connectivity index (χ2n) is 7.31. The zero-order valence-electron chi connectivity index (χ0n) is 15.8. The lowest BCUT2D eigenvalue weighted by molar-refractivity contribution is -0.124. The molecule has 1 saturated heterocycles. The van der Waals surface area contributed by atoms with E-state index in [4.69, 9.17) is 4.74 Å². The number of hydrogen-bond donors (Lipinski definition) is 2. The highest BCUT2D eigenvalue weighted by Crippen LogP contribution is 2.29. The molecule has 0 atom stereocenters. The molecule has 0 bridgehead atoms. The number of hydrogen-bond acceptors (Lipinski definition) is 5. The largest absolute Gasteiger partial charge is 0.497 e. The van der Waals surface area contributed by atoms with Crippen molar-refractivity contribution in [3.8, 4) is 5.75 Å². The van der Waals surface area contributed by atoms with Crippen LogP contribution in [0.15, 0.2) is 24.3 Å². The molecule has 1 aromatic carbocycles. The van der Waals surface area contributed by atoms with Gasteiger partial charge < -0.3 is 15.4 Å². The maximum atomic E-state index is 12.8. The van der Waals surface area contributed by atoms with E-state index >= 15 is 0 Å². The van der Waals surface area contributed by atoms with Crippen molar-refractivity contribution in [3.63, 3.8) is 0 Å². The monoisotopic (exact) mass is 404 g/mol. The van der Waals surface area contributed by atoms with E-state index in [0.717, 1.165) is 17.6 Å². The Labute approximate surface area is 162 Å². The van der Waals surface area contributed by atoms with Gasteiger partial charge in [0.15, 0.2) is 14.6 Å². The Kier molecular flexibility index (Phi) is 7.51. The second kappa shape index (κ2) is 8.59. The molecule has 1 heterocycles. The summed E-state index contributed by atoms with van der Waals surface area (Å²) in [4.78, 5) is 12.8. The first kappa shape index (κ1) is 22.7. The topological polar surface area (TPSA) is 84.5 Å². The first-order valence-electron chi connectivity index (χ1n) is 8.45. The van der Waals surface area contributed by atoms with Crippen LogP contribution in [0.1, 0.15) is 32.3 Å². The maximum Gasteiger partial charge on any atom is 0.241 e. The van der Waals surface area contributed by atoms with E-state index in [-0.39, 0.29) is 17.8 Å². The highest BCUT2D eigenvalue weighted by atomic mass is 35.5. The molecule has 2 N–H and O–H groups in total. The first-order valence-corrected chi connectivity index (χ1v) is 10.3. The van der Waals surface area contributed by atoms with Crippen molar-refractivity contribution in [1.82, 2.24) is 10.6 Å². The Hall–Kier alpha value is -1.31. The highest BCUT2D eigenvalue weighted by Gasteiger charge is 2.48. The molecule has 148 valence electrons. The minimum absolute atomic E-state index is 0. The van der Waals surface area contributed by atoms with E-state index in [9.17, 15) is 13.2 Å². The van der Waals surface area contributed by atoms with Gasteiger partial charge in [0, 0.05) is 18.2 Å². The molecular formula is C18H29ClN2O4S. The molecule has 26 heavy (non-hydrogen) atoms. The van der Waals surface area contributed by atoms with E-state index in [1.54, 1.807) is 7.11 Å². The molecule has 8 heteroatoms. The van der Waals surface area contributed by atoms with Gasteiger partial charge in [0.1, 0.15) is 5.75 Å². The van der Waals surface area contributed by atoms with Crippen LogP contribution in [-0.4, -0.2) is 52.1 Å². The Balaban J connectivity index is 0.00000338. The van der Waals surface area contributed by atoms with Gasteiger partial charge >= 0.3 is 0 Å². The van der Waals surface area contributed by atoms with Crippen LogP contribution in [0.3, 0.4) is 0 Å². The molecule has 1 aliphatic heterocycles. The summed E-state index contributed by atoms with van der Waals surface area (Å²) in [6.07, 6.45) is 1.77. The molecule has 1 fully saturated rings. The van der Waals surface area contributed by atoms with Crippen LogP contribution in [0.25, 0.3) is 0 Å². The third-order valence-electron chi connectivity index (χ3n) is 5.10. The number of benzene rings is 1. The van der Waals surface area contributed by atoms with E-state index in [2.05, 4.69) is 10.6 Å². The lowest BCUT2D eigenvalue weighted by atomic mass is 9.84. The minimum atomic E-state index is -3.50. The fourth-order valence-electron chi connectivity index (χ4n) is 3.20. The fraction of sp³-hybridized carbons (Fsp3) is 0.611. The van der Waals surface area contributed by atoms with Crippen LogP contribution >= 0.6 is 12.4 Å². The van der Waals surface area contributed by atoms with Gasteiger partial charge in [-0.15, -0.1) is 12.4 Å². The van der Waals surface area contributed by atoms with Crippen LogP contribution in [-0.2, 0) is 20.0 Å². The average molecular weight is 405 g/mol. The van der Waals surface area contributed by atoms with Crippen molar-refractivity contribution < 1.29 is 17.9 Å². The fourth-order valence-corrected chi connectivity index (χ4v) is 4.56. The Morgan fingerprint density at radius 2 is 1.77 bits per heavy atom. The summed E-state index contributed by atoms with van der Waals surface area (Å²) in [6, 6.07) is 7.68. The van der Waals surface area contributed by atoms with Gasteiger partial charge in [-0.05, 0) is 43.6 Å². The van der Waals surface area contributed by atoms with Crippen molar-refractivity contribution in [2.75, 3.05) is 33.0 Å². The van der Waals surface area contributed by atoms with Crippen LogP contribution in [0.4, 0.5) is 0 Å². The van der Waals surface area contributed by atoms with Gasteiger partial charge in [-0.25, -0.2) is 8.42 Å². The third-order valence-corrected chi connectivity index (χ3v) is 7.11. The van der Waals surface area contributed by atoms with Gasteiger partial charge in [-0.1, -0.05) is 26.0 Å². The molecule has 0 radical (unpaired) electrons. The van der Waals surface area contributed by atoms with Crippen LogP contribution in [0, 0.1) is 0 Å². The molecule has 0 aliphatic carbocycles. The molecule has 1 amide bonds. The maximum absolute atomic E-state index is 12.8. The van der Waals surface area contributed by atoms with Crippen LogP contribution < -0.4 is 15.4 Å². The summed E-state index contributed by atoms with van der Waals surface area (Å²) < 4.78 is 28.5. The predicted octanol–water partition coefficient (Wildman–Crippen LogP) is 1.68. The number of piperidine rings is 1. The predicted molar refractivity (Wildman–Crippen MR) is 106 cm³/mol. The second-order valence-corrected chi connectivity index (χ2v) is 9.64. The van der Waals surface area contributed by atoms with Gasteiger partial charge in [-0.2, -0.15) is 0 Å². The Morgan fingerprint density at radius 3 is 2.23 bits per heavy atom. The number of sulfone groups is 1. The van der Waals surface area contributed by atoms with E-state index in [0.29, 0.717) is 32.5 Å². The summed E-state index contributed by atoms with van der Waals surface area (Å²) in [5.74, 6) is 0.382. The number of rotatable bonds is 6. The van der Waals surface area contributed by atoms with Crippen molar-refractivity contribution >= 4 is 28.2 Å². The van der Waals surface area contributed by atoms with Gasteiger partial charge in [0.25, 0.3) is 0 Å². The third kappa shape index (κ3) is 4.69. The zero-order chi connectivity index (χ0) is 18.7. The molecule has 1 aromatic rings. The molecule has 2 rings (SSSR count). The number of amides is 1. The summed E-state index contributed by atoms with van der Waals surface area (Å²) in [6.45, 7) is 5.46. The molecule has 6 nitrogen and oxygen atoms in total. The van der Waals surface area contributed by atoms with Crippen LogP contribution in [0.5, 0.6) is 5.75 Å². The lowest BCUT2D eigenvalue weighted by Crippen LogP contribution is -2.58. The van der Waals surface area contributed by atoms with E-state index in [1.165, 1.54) is 0 Å². The number of nitrogens with one attached hydrogen (secondary N) is 2. The molecule has 0 saturated carbocycles. The average Bonchev–Trinajstić information content (AvgIpc) is 2.59. The van der Waals surface area contributed by atoms with Crippen molar-refractivity contribution in [2.45, 2.75) is 36.9 Å². The van der Waals surface area contributed by atoms with Crippen molar-refractivity contribution in [1.29, 1.82) is 0 Å². The first-order chi connectivity index (χ1) is 11.6. The minimum Gasteiger partial charge on any atom is -0.497 e. The number of ether oxygens (including phenoxy) is 1. The summed E-state index contributed by atoms with van der Waals surface area (Å²) in [7, 11) is -1.88.